The van der Waals surface area contributed by atoms with Gasteiger partial charge in [-0.1, -0.05) is 34.6 Å². The summed E-state index contributed by atoms with van der Waals surface area (Å²) in [6.07, 6.45) is 1.10. The third kappa shape index (κ3) is 5.45. The summed E-state index contributed by atoms with van der Waals surface area (Å²) in [7, 11) is 0. The van der Waals surface area contributed by atoms with Gasteiger partial charge in [-0.3, -0.25) is 0 Å². The van der Waals surface area contributed by atoms with Crippen LogP contribution in [-0.2, 0) is 5.75 Å². The van der Waals surface area contributed by atoms with E-state index < -0.39 is 0 Å². The van der Waals surface area contributed by atoms with E-state index in [-0.39, 0.29) is 0 Å². The summed E-state index contributed by atoms with van der Waals surface area (Å²) in [5, 5.41) is 4.03. The third-order valence-electron chi connectivity index (χ3n) is 2.56. The van der Waals surface area contributed by atoms with Crippen LogP contribution in [0.1, 0.15) is 58.5 Å². The monoisotopic (exact) mass is 393 g/mol. The van der Waals surface area contributed by atoms with Gasteiger partial charge in [0.2, 0.25) is 0 Å². The van der Waals surface area contributed by atoms with Crippen molar-refractivity contribution in [1.82, 2.24) is 9.97 Å². The van der Waals surface area contributed by atoms with Crippen molar-refractivity contribution >= 4 is 40.2 Å². The van der Waals surface area contributed by atoms with Crippen molar-refractivity contribution < 1.29 is 0 Å². The molecule has 0 fully saturated rings. The van der Waals surface area contributed by atoms with Crippen LogP contribution in [0, 0.1) is 3.57 Å². The quantitative estimate of drug-likeness (QED) is 0.684. The number of rotatable bonds is 7. The largest absolute Gasteiger partial charge is 0.369 e. The van der Waals surface area contributed by atoms with Gasteiger partial charge in [-0.05, 0) is 40.2 Å². The van der Waals surface area contributed by atoms with E-state index in [1.165, 1.54) is 3.57 Å². The lowest BCUT2D eigenvalue weighted by molar-refractivity contribution is 0.789. The van der Waals surface area contributed by atoms with Gasteiger partial charge in [-0.15, -0.1) is 0 Å². The minimum atomic E-state index is 0.430. The molecule has 3 nitrogen and oxygen atoms in total. The standard InChI is InChI=1S/C14H24IN3S/c1-6-7-16-14-12(15)13(9(2)3)17-11(18-14)8-19-10(4)5/h9-10H,6-8H2,1-5H3,(H,16,17,18). The van der Waals surface area contributed by atoms with Crippen molar-refractivity contribution in [3.63, 3.8) is 0 Å². The third-order valence-corrected chi connectivity index (χ3v) is 4.71. The predicted octanol–water partition coefficient (Wildman–Crippen LogP) is 4.67. The van der Waals surface area contributed by atoms with Crippen molar-refractivity contribution in [2.24, 2.45) is 0 Å². The summed E-state index contributed by atoms with van der Waals surface area (Å²) < 4.78 is 1.17. The minimum absolute atomic E-state index is 0.430. The van der Waals surface area contributed by atoms with Gasteiger partial charge in [-0.25, -0.2) is 9.97 Å². The lowest BCUT2D eigenvalue weighted by Crippen LogP contribution is -2.11. The maximum Gasteiger partial charge on any atom is 0.143 e. The summed E-state index contributed by atoms with van der Waals surface area (Å²) >= 11 is 4.25. The fraction of sp³-hybridized carbons (Fsp3) is 0.714. The molecule has 0 aliphatic rings. The van der Waals surface area contributed by atoms with Crippen LogP contribution >= 0.6 is 34.4 Å². The van der Waals surface area contributed by atoms with Gasteiger partial charge < -0.3 is 5.32 Å². The van der Waals surface area contributed by atoms with Crippen LogP contribution in [0.15, 0.2) is 0 Å². The number of hydrogen-bond donors (Lipinski definition) is 1. The Morgan fingerprint density at radius 3 is 2.42 bits per heavy atom. The predicted molar refractivity (Wildman–Crippen MR) is 94.0 cm³/mol. The molecule has 1 heterocycles. The lowest BCUT2D eigenvalue weighted by Gasteiger charge is -2.15. The molecule has 0 spiro atoms. The van der Waals surface area contributed by atoms with Gasteiger partial charge in [0, 0.05) is 6.54 Å². The highest BCUT2D eigenvalue weighted by Gasteiger charge is 2.14. The Balaban J connectivity index is 3.00. The number of thioether (sulfide) groups is 1. The van der Waals surface area contributed by atoms with Crippen LogP contribution in [0.3, 0.4) is 0 Å². The summed E-state index contributed by atoms with van der Waals surface area (Å²) in [5.74, 6) is 3.26. The van der Waals surface area contributed by atoms with E-state index in [0.29, 0.717) is 11.2 Å². The first kappa shape index (κ1) is 17.0. The SMILES string of the molecule is CCCNc1nc(CSC(C)C)nc(C(C)C)c1I. The second-order valence-corrected chi connectivity index (χ2v) is 7.77. The van der Waals surface area contributed by atoms with E-state index in [0.717, 1.165) is 36.1 Å². The molecule has 19 heavy (non-hydrogen) atoms. The highest BCUT2D eigenvalue weighted by atomic mass is 127. The zero-order chi connectivity index (χ0) is 14.4. The summed E-state index contributed by atoms with van der Waals surface area (Å²) in [6, 6.07) is 0. The summed E-state index contributed by atoms with van der Waals surface area (Å²) in [5.41, 5.74) is 1.16. The van der Waals surface area contributed by atoms with Gasteiger partial charge in [-0.2, -0.15) is 11.8 Å². The highest BCUT2D eigenvalue weighted by Crippen LogP contribution is 2.26. The number of nitrogens with zero attached hydrogens (tertiary/aromatic N) is 2. The Hall–Kier alpha value is -0.0400. The summed E-state index contributed by atoms with van der Waals surface area (Å²) in [6.45, 7) is 11.9. The molecule has 1 aromatic rings. The van der Waals surface area contributed by atoms with E-state index in [9.17, 15) is 0 Å². The van der Waals surface area contributed by atoms with Crippen LogP contribution in [-0.4, -0.2) is 21.8 Å². The molecule has 0 unspecified atom stereocenters. The molecule has 0 aromatic carbocycles. The number of anilines is 1. The minimum Gasteiger partial charge on any atom is -0.369 e. The Labute approximate surface area is 134 Å². The number of nitrogens with one attached hydrogen (secondary N) is 1. The first-order valence-corrected chi connectivity index (χ1v) is 9.00. The van der Waals surface area contributed by atoms with Crippen LogP contribution in [0.2, 0.25) is 0 Å². The van der Waals surface area contributed by atoms with Gasteiger partial charge in [0.05, 0.1) is 15.0 Å². The molecule has 0 aliphatic carbocycles. The maximum atomic E-state index is 4.73. The van der Waals surface area contributed by atoms with Crippen LogP contribution in [0.25, 0.3) is 0 Å². The average Bonchev–Trinajstić information content (AvgIpc) is 2.35. The molecule has 0 bridgehead atoms. The van der Waals surface area contributed by atoms with Gasteiger partial charge in [0.1, 0.15) is 11.6 Å². The second-order valence-electron chi connectivity index (χ2n) is 5.13. The molecular weight excluding hydrogens is 369 g/mol. The number of aromatic nitrogens is 2. The zero-order valence-electron chi connectivity index (χ0n) is 12.5. The van der Waals surface area contributed by atoms with Gasteiger partial charge in [0.15, 0.2) is 0 Å². The van der Waals surface area contributed by atoms with Crippen molar-refractivity contribution in [1.29, 1.82) is 0 Å². The molecule has 1 aromatic heterocycles. The molecule has 108 valence electrons. The number of hydrogen-bond acceptors (Lipinski definition) is 4. The van der Waals surface area contributed by atoms with Crippen LogP contribution in [0.5, 0.6) is 0 Å². The first-order chi connectivity index (χ1) is 8.95. The molecule has 0 aliphatic heterocycles. The zero-order valence-corrected chi connectivity index (χ0v) is 15.4. The molecule has 5 heteroatoms. The number of halogens is 1. The molecule has 0 saturated carbocycles. The van der Waals surface area contributed by atoms with Crippen LogP contribution in [0.4, 0.5) is 5.82 Å². The fourth-order valence-corrected chi connectivity index (χ4v) is 3.23. The smallest absolute Gasteiger partial charge is 0.143 e. The molecule has 0 atom stereocenters. The maximum absolute atomic E-state index is 4.73. The lowest BCUT2D eigenvalue weighted by atomic mass is 10.1. The molecule has 0 saturated heterocycles. The summed E-state index contributed by atoms with van der Waals surface area (Å²) in [4.78, 5) is 9.41. The van der Waals surface area contributed by atoms with E-state index in [1.54, 1.807) is 0 Å². The van der Waals surface area contributed by atoms with Crippen molar-refractivity contribution in [3.8, 4) is 0 Å². The average molecular weight is 393 g/mol. The normalized spacial score (nSPS) is 11.4. The Kier molecular flexibility index (Phi) is 7.42. The van der Waals surface area contributed by atoms with Gasteiger partial charge >= 0.3 is 0 Å². The highest BCUT2D eigenvalue weighted by molar-refractivity contribution is 14.1. The molecule has 1 N–H and O–H groups in total. The van der Waals surface area contributed by atoms with E-state index in [2.05, 4.69) is 67.5 Å². The first-order valence-electron chi connectivity index (χ1n) is 6.87. The second kappa shape index (κ2) is 8.29. The Bertz CT molecular complexity index is 408. The Morgan fingerprint density at radius 2 is 1.89 bits per heavy atom. The Morgan fingerprint density at radius 1 is 1.21 bits per heavy atom. The molecule has 1 rings (SSSR count). The van der Waals surface area contributed by atoms with E-state index in [1.807, 2.05) is 11.8 Å². The van der Waals surface area contributed by atoms with E-state index >= 15 is 0 Å². The topological polar surface area (TPSA) is 37.8 Å². The molecule has 0 radical (unpaired) electrons. The van der Waals surface area contributed by atoms with Crippen molar-refractivity contribution in [2.75, 3.05) is 11.9 Å². The van der Waals surface area contributed by atoms with Gasteiger partial charge in [0.25, 0.3) is 0 Å². The fourth-order valence-electron chi connectivity index (χ4n) is 1.56. The van der Waals surface area contributed by atoms with Crippen LogP contribution < -0.4 is 5.32 Å². The van der Waals surface area contributed by atoms with Crippen molar-refractivity contribution in [3.05, 3.63) is 15.1 Å². The molecule has 0 amide bonds. The van der Waals surface area contributed by atoms with E-state index in [4.69, 9.17) is 4.98 Å². The van der Waals surface area contributed by atoms with Crippen molar-refractivity contribution in [2.45, 2.75) is 58.0 Å². The molecular formula is C14H24IN3S.